The van der Waals surface area contributed by atoms with E-state index in [1.54, 1.807) is 17.0 Å². The Balaban J connectivity index is 1.54. The van der Waals surface area contributed by atoms with Gasteiger partial charge in [-0.2, -0.15) is 0 Å². The van der Waals surface area contributed by atoms with Gasteiger partial charge in [-0.05, 0) is 37.1 Å². The van der Waals surface area contributed by atoms with Gasteiger partial charge in [0.05, 0.1) is 17.4 Å². The molecule has 0 radical (unpaired) electrons. The molecule has 2 aromatic rings. The van der Waals surface area contributed by atoms with Gasteiger partial charge in [-0.15, -0.1) is 0 Å². The molecule has 178 valence electrons. The van der Waals surface area contributed by atoms with Crippen LogP contribution in [0.25, 0.3) is 0 Å². The van der Waals surface area contributed by atoms with Crippen molar-refractivity contribution in [3.05, 3.63) is 72.1 Å². The second-order valence-electron chi connectivity index (χ2n) is 8.33. The molecule has 0 fully saturated rings. The number of carbonyl (C=O) groups excluding carboxylic acids is 3. The van der Waals surface area contributed by atoms with Crippen LogP contribution in [0.15, 0.2) is 65.8 Å². The van der Waals surface area contributed by atoms with Gasteiger partial charge in [0.25, 0.3) is 10.0 Å². The molecule has 0 aromatic heterocycles. The van der Waals surface area contributed by atoms with Crippen molar-refractivity contribution in [1.29, 1.82) is 0 Å². The zero-order valence-electron chi connectivity index (χ0n) is 18.9. The molecule has 4 rings (SSSR count). The van der Waals surface area contributed by atoms with Crippen LogP contribution in [0.5, 0.6) is 0 Å². The Bertz CT molecular complexity index is 1260. The normalized spacial score (nSPS) is 19.9. The summed E-state index contributed by atoms with van der Waals surface area (Å²) in [5.41, 5.74) is 2.43. The quantitative estimate of drug-likeness (QED) is 0.676. The molecular weight excluding hydrogens is 456 g/mol. The number of hydrogen-bond acceptors (Lipinski definition) is 5. The molecule has 0 spiro atoms. The third-order valence-electron chi connectivity index (χ3n) is 5.99. The molecule has 2 atom stereocenters. The molecule has 9 nitrogen and oxygen atoms in total. The number of nitrogens with zero attached hydrogens (tertiary/aromatic N) is 2. The van der Waals surface area contributed by atoms with E-state index in [-0.39, 0.29) is 23.3 Å². The molecule has 0 saturated carbocycles. The van der Waals surface area contributed by atoms with E-state index in [1.807, 2.05) is 31.2 Å². The van der Waals surface area contributed by atoms with Crippen LogP contribution in [0.3, 0.4) is 0 Å². The Morgan fingerprint density at radius 2 is 1.82 bits per heavy atom. The minimum atomic E-state index is -4.04. The maximum Gasteiger partial charge on any atom is 0.264 e. The van der Waals surface area contributed by atoms with Crippen LogP contribution in [0.1, 0.15) is 36.9 Å². The summed E-state index contributed by atoms with van der Waals surface area (Å²) in [6.07, 6.45) is 2.66. The minimum absolute atomic E-state index is 0.0355. The fourth-order valence-corrected chi connectivity index (χ4v) is 5.69. The number of sulfonamides is 1. The van der Waals surface area contributed by atoms with Crippen molar-refractivity contribution in [2.24, 2.45) is 0 Å². The van der Waals surface area contributed by atoms with Crippen LogP contribution in [-0.2, 0) is 24.4 Å². The third kappa shape index (κ3) is 4.54. The van der Waals surface area contributed by atoms with E-state index in [9.17, 15) is 22.8 Å². The average molecular weight is 483 g/mol. The van der Waals surface area contributed by atoms with Crippen molar-refractivity contribution in [2.75, 3.05) is 11.4 Å². The van der Waals surface area contributed by atoms with Crippen LogP contribution < -0.4 is 15.5 Å². The molecule has 2 aromatic carbocycles. The van der Waals surface area contributed by atoms with Crippen LogP contribution >= 0.6 is 0 Å². The predicted octanol–water partition coefficient (Wildman–Crippen LogP) is 1.96. The molecule has 2 aliphatic heterocycles. The topological polar surface area (TPSA) is 116 Å². The highest BCUT2D eigenvalue weighted by atomic mass is 32.2. The van der Waals surface area contributed by atoms with Crippen LogP contribution in [0.2, 0.25) is 0 Å². The van der Waals surface area contributed by atoms with Gasteiger partial charge in [0.1, 0.15) is 6.04 Å². The average Bonchev–Trinajstić information content (AvgIpc) is 2.80. The van der Waals surface area contributed by atoms with Gasteiger partial charge in [-0.1, -0.05) is 35.9 Å². The Kier molecular flexibility index (Phi) is 6.43. The number of aryl methyl sites for hydroxylation is 1. The van der Waals surface area contributed by atoms with E-state index >= 15 is 0 Å². The largest absolute Gasteiger partial charge is 0.349 e. The number of carbonyl (C=O) groups is 3. The van der Waals surface area contributed by atoms with Crippen molar-refractivity contribution in [3.8, 4) is 0 Å². The van der Waals surface area contributed by atoms with E-state index in [0.29, 0.717) is 13.0 Å². The molecule has 0 aliphatic carbocycles. The summed E-state index contributed by atoms with van der Waals surface area (Å²) in [5, 5.41) is 5.41. The monoisotopic (exact) mass is 482 g/mol. The van der Waals surface area contributed by atoms with Gasteiger partial charge >= 0.3 is 0 Å². The molecule has 3 amide bonds. The van der Waals surface area contributed by atoms with Crippen molar-refractivity contribution < 1.29 is 22.8 Å². The Morgan fingerprint density at radius 3 is 2.53 bits per heavy atom. The van der Waals surface area contributed by atoms with Gasteiger partial charge in [0, 0.05) is 31.6 Å². The number of amides is 3. The summed E-state index contributed by atoms with van der Waals surface area (Å²) in [5.74, 6) is -1.13. The number of fused-ring (bicyclic) bond motifs is 1. The lowest BCUT2D eigenvalue weighted by molar-refractivity contribution is -0.129. The Hall–Kier alpha value is -3.66. The van der Waals surface area contributed by atoms with E-state index < -0.39 is 27.9 Å². The van der Waals surface area contributed by atoms with Gasteiger partial charge in [0.2, 0.25) is 17.7 Å². The smallest absolute Gasteiger partial charge is 0.264 e. The van der Waals surface area contributed by atoms with Crippen molar-refractivity contribution in [1.82, 2.24) is 14.9 Å². The first kappa shape index (κ1) is 23.5. The number of benzene rings is 2. The molecule has 2 aliphatic rings. The summed E-state index contributed by atoms with van der Waals surface area (Å²) in [7, 11) is -4.04. The predicted molar refractivity (Wildman–Crippen MR) is 126 cm³/mol. The first-order valence-corrected chi connectivity index (χ1v) is 12.4. The lowest BCUT2D eigenvalue weighted by atomic mass is 9.96. The number of nitrogens with one attached hydrogen (secondary N) is 2. The molecule has 0 bridgehead atoms. The summed E-state index contributed by atoms with van der Waals surface area (Å²) < 4.78 is 27.4. The SMILES string of the molecule is CC(=O)N1CCC(NC(=O)C[C@@H]2C(=O)NC=CN2S(=O)(=O)c2ccc(C)cc2)c2ccccc21. The second-order valence-corrected chi connectivity index (χ2v) is 10.2. The van der Waals surface area contributed by atoms with Crippen LogP contribution in [0, 0.1) is 6.92 Å². The minimum Gasteiger partial charge on any atom is -0.349 e. The second kappa shape index (κ2) is 9.30. The maximum absolute atomic E-state index is 13.2. The van der Waals surface area contributed by atoms with Gasteiger partial charge < -0.3 is 15.5 Å². The van der Waals surface area contributed by atoms with Crippen molar-refractivity contribution >= 4 is 33.4 Å². The van der Waals surface area contributed by atoms with E-state index in [2.05, 4.69) is 10.6 Å². The van der Waals surface area contributed by atoms with Crippen molar-refractivity contribution in [2.45, 2.75) is 43.7 Å². The Labute approximate surface area is 198 Å². The number of rotatable bonds is 5. The summed E-state index contributed by atoms with van der Waals surface area (Å²) >= 11 is 0. The highest BCUT2D eigenvalue weighted by molar-refractivity contribution is 7.89. The zero-order chi connectivity index (χ0) is 24.5. The number of para-hydroxylation sites is 1. The van der Waals surface area contributed by atoms with E-state index in [1.165, 1.54) is 31.5 Å². The number of anilines is 1. The maximum atomic E-state index is 13.2. The van der Waals surface area contributed by atoms with Gasteiger partial charge in [0.15, 0.2) is 0 Å². The fraction of sp³-hybridized carbons (Fsp3) is 0.292. The highest BCUT2D eigenvalue weighted by Crippen LogP contribution is 2.34. The summed E-state index contributed by atoms with van der Waals surface area (Å²) in [4.78, 5) is 39.3. The lowest BCUT2D eigenvalue weighted by Crippen LogP contribution is -2.51. The molecule has 0 saturated heterocycles. The molecule has 2 heterocycles. The molecule has 10 heteroatoms. The van der Waals surface area contributed by atoms with Crippen LogP contribution in [-0.4, -0.2) is 43.0 Å². The molecule has 34 heavy (non-hydrogen) atoms. The van der Waals surface area contributed by atoms with Crippen molar-refractivity contribution in [3.63, 3.8) is 0 Å². The summed E-state index contributed by atoms with van der Waals surface area (Å²) in [6, 6.07) is 12.0. The standard InChI is InChI=1S/C24H26N4O5S/c1-16-7-9-18(10-8-16)34(32,33)28-14-12-25-24(31)22(28)15-23(30)26-20-11-13-27(17(2)29)21-6-4-3-5-19(20)21/h3-10,12,14,20,22H,11,13,15H2,1-2H3,(H,25,31)(H,26,30)/t20?,22-/m1/s1. The zero-order valence-corrected chi connectivity index (χ0v) is 19.7. The molecule has 2 N–H and O–H groups in total. The third-order valence-corrected chi connectivity index (χ3v) is 7.79. The lowest BCUT2D eigenvalue weighted by Gasteiger charge is -2.35. The molecular formula is C24H26N4O5S. The Morgan fingerprint density at radius 1 is 1.12 bits per heavy atom. The van der Waals surface area contributed by atoms with Crippen LogP contribution in [0.4, 0.5) is 5.69 Å². The van der Waals surface area contributed by atoms with E-state index in [0.717, 1.165) is 21.1 Å². The van der Waals surface area contributed by atoms with Gasteiger partial charge in [-0.3, -0.25) is 18.7 Å². The van der Waals surface area contributed by atoms with E-state index in [4.69, 9.17) is 0 Å². The first-order valence-electron chi connectivity index (χ1n) is 10.9. The first-order chi connectivity index (χ1) is 16.2. The molecule has 1 unspecified atom stereocenters. The fourth-order valence-electron chi connectivity index (χ4n) is 4.24. The summed E-state index contributed by atoms with van der Waals surface area (Å²) in [6.45, 7) is 3.78. The highest BCUT2D eigenvalue weighted by Gasteiger charge is 2.37. The van der Waals surface area contributed by atoms with Gasteiger partial charge in [-0.25, -0.2) is 8.42 Å². The number of hydrogen-bond donors (Lipinski definition) is 2.